The molecule has 1 atom stereocenters. The van der Waals surface area contributed by atoms with Gasteiger partial charge in [-0.25, -0.2) is 0 Å². The first kappa shape index (κ1) is 17.5. The van der Waals surface area contributed by atoms with Crippen molar-refractivity contribution in [1.29, 1.82) is 0 Å². The van der Waals surface area contributed by atoms with Crippen molar-refractivity contribution in [1.82, 2.24) is 20.0 Å². The minimum absolute atomic E-state index is 0.719. The van der Waals surface area contributed by atoms with Gasteiger partial charge in [0.05, 0.1) is 6.20 Å². The van der Waals surface area contributed by atoms with Crippen molar-refractivity contribution >= 4 is 5.96 Å². The summed E-state index contributed by atoms with van der Waals surface area (Å²) in [5, 5.41) is 7.74. The number of guanidine groups is 1. The van der Waals surface area contributed by atoms with Crippen LogP contribution in [0, 0.1) is 5.92 Å². The molecule has 0 saturated carbocycles. The quantitative estimate of drug-likeness (QED) is 0.500. The van der Waals surface area contributed by atoms with Crippen LogP contribution in [0.3, 0.4) is 0 Å². The van der Waals surface area contributed by atoms with Gasteiger partial charge in [-0.2, -0.15) is 5.10 Å². The summed E-state index contributed by atoms with van der Waals surface area (Å²) in [7, 11) is 3.84. The number of hydrogen-bond acceptors (Lipinski definition) is 2. The van der Waals surface area contributed by atoms with Gasteiger partial charge in [-0.1, -0.05) is 30.3 Å². The molecule has 1 unspecified atom stereocenters. The van der Waals surface area contributed by atoms with E-state index in [-0.39, 0.29) is 0 Å². The highest BCUT2D eigenvalue weighted by Crippen LogP contribution is 2.20. The van der Waals surface area contributed by atoms with E-state index >= 15 is 0 Å². The van der Waals surface area contributed by atoms with Gasteiger partial charge >= 0.3 is 0 Å². The molecule has 25 heavy (non-hydrogen) atoms. The van der Waals surface area contributed by atoms with E-state index in [0.29, 0.717) is 0 Å². The minimum Gasteiger partial charge on any atom is -0.356 e. The average molecular weight is 339 g/mol. The zero-order valence-corrected chi connectivity index (χ0v) is 15.4. The molecule has 0 aliphatic carbocycles. The Hall–Kier alpha value is -2.30. The van der Waals surface area contributed by atoms with E-state index < -0.39 is 0 Å². The predicted molar refractivity (Wildman–Crippen MR) is 103 cm³/mol. The lowest BCUT2D eigenvalue weighted by Crippen LogP contribution is -2.40. The second-order valence-corrected chi connectivity index (χ2v) is 6.89. The number of hydrogen-bond donors (Lipinski definition) is 1. The van der Waals surface area contributed by atoms with Crippen LogP contribution in [0.15, 0.2) is 47.7 Å². The van der Waals surface area contributed by atoms with Gasteiger partial charge in [0.2, 0.25) is 0 Å². The molecule has 134 valence electrons. The highest BCUT2D eigenvalue weighted by molar-refractivity contribution is 5.80. The first-order valence-corrected chi connectivity index (χ1v) is 9.21. The van der Waals surface area contributed by atoms with Crippen LogP contribution in [-0.2, 0) is 19.9 Å². The molecule has 1 aliphatic heterocycles. The molecule has 2 aromatic rings. The van der Waals surface area contributed by atoms with Crippen LogP contribution in [0.2, 0.25) is 0 Å². The number of likely N-dealkylation sites (tertiary alicyclic amines) is 1. The lowest BCUT2D eigenvalue weighted by Gasteiger charge is -2.21. The molecule has 1 aromatic heterocycles. The molecule has 0 amide bonds. The Morgan fingerprint density at radius 2 is 2.12 bits per heavy atom. The Balaban J connectivity index is 1.41. The topological polar surface area (TPSA) is 45.5 Å². The third-order valence-corrected chi connectivity index (χ3v) is 4.85. The molecule has 2 heterocycles. The Kier molecular flexibility index (Phi) is 6.09. The molecule has 1 fully saturated rings. The highest BCUT2D eigenvalue weighted by Gasteiger charge is 2.24. The van der Waals surface area contributed by atoms with Crippen LogP contribution in [0.1, 0.15) is 24.0 Å². The first-order chi connectivity index (χ1) is 12.2. The smallest absolute Gasteiger partial charge is 0.193 e. The van der Waals surface area contributed by atoms with Gasteiger partial charge in [0, 0.05) is 39.9 Å². The molecule has 0 radical (unpaired) electrons. The maximum absolute atomic E-state index is 4.48. The Bertz CT molecular complexity index is 676. The van der Waals surface area contributed by atoms with Gasteiger partial charge in [0.25, 0.3) is 0 Å². The number of aliphatic imine (C=N–C) groups is 1. The fourth-order valence-electron chi connectivity index (χ4n) is 3.57. The summed E-state index contributed by atoms with van der Waals surface area (Å²) in [6, 6.07) is 10.8. The van der Waals surface area contributed by atoms with Crippen LogP contribution < -0.4 is 5.32 Å². The molecule has 0 spiro atoms. The highest BCUT2D eigenvalue weighted by atomic mass is 15.3. The molecule has 1 aromatic carbocycles. The standard InChI is InChI=1S/C20H29N5/c1-21-20(22-11-6-9-19-14-23-24(2)15-19)25-12-10-18(16-25)13-17-7-4-3-5-8-17/h3-5,7-8,14-15,18H,6,9-13,16H2,1-2H3,(H,21,22). The van der Waals surface area contributed by atoms with E-state index in [2.05, 4.69) is 56.8 Å². The summed E-state index contributed by atoms with van der Waals surface area (Å²) < 4.78 is 1.86. The van der Waals surface area contributed by atoms with Crippen LogP contribution >= 0.6 is 0 Å². The van der Waals surface area contributed by atoms with Crippen LogP contribution in [-0.4, -0.2) is 47.3 Å². The molecular weight excluding hydrogens is 310 g/mol. The summed E-state index contributed by atoms with van der Waals surface area (Å²) in [6.45, 7) is 3.14. The molecule has 1 aliphatic rings. The van der Waals surface area contributed by atoms with E-state index in [4.69, 9.17) is 0 Å². The van der Waals surface area contributed by atoms with Gasteiger partial charge < -0.3 is 10.2 Å². The Morgan fingerprint density at radius 1 is 1.28 bits per heavy atom. The van der Waals surface area contributed by atoms with Gasteiger partial charge in [0.15, 0.2) is 5.96 Å². The largest absolute Gasteiger partial charge is 0.356 e. The van der Waals surface area contributed by atoms with E-state index in [0.717, 1.165) is 50.8 Å². The van der Waals surface area contributed by atoms with Crippen molar-refractivity contribution in [3.05, 3.63) is 53.9 Å². The number of rotatable bonds is 6. The van der Waals surface area contributed by atoms with Crippen molar-refractivity contribution in [2.75, 3.05) is 26.7 Å². The normalized spacial score (nSPS) is 17.9. The lowest BCUT2D eigenvalue weighted by molar-refractivity contribution is 0.459. The maximum Gasteiger partial charge on any atom is 0.193 e. The molecule has 3 rings (SSSR count). The van der Waals surface area contributed by atoms with Crippen LogP contribution in [0.25, 0.3) is 0 Å². The number of nitrogens with one attached hydrogen (secondary N) is 1. The number of nitrogens with zero attached hydrogens (tertiary/aromatic N) is 4. The van der Waals surface area contributed by atoms with E-state index in [9.17, 15) is 0 Å². The van der Waals surface area contributed by atoms with Crippen molar-refractivity contribution in [3.63, 3.8) is 0 Å². The maximum atomic E-state index is 4.48. The molecule has 0 bridgehead atoms. The molecule has 5 nitrogen and oxygen atoms in total. The van der Waals surface area contributed by atoms with Gasteiger partial charge in [-0.3, -0.25) is 9.67 Å². The Morgan fingerprint density at radius 3 is 2.84 bits per heavy atom. The SMILES string of the molecule is CN=C(NCCCc1cnn(C)c1)N1CCC(Cc2ccccc2)C1. The van der Waals surface area contributed by atoms with Crippen molar-refractivity contribution < 1.29 is 0 Å². The summed E-state index contributed by atoms with van der Waals surface area (Å²) in [6.07, 6.45) is 8.58. The van der Waals surface area contributed by atoms with Gasteiger partial charge in [-0.15, -0.1) is 0 Å². The van der Waals surface area contributed by atoms with Crippen LogP contribution in [0.5, 0.6) is 0 Å². The van der Waals surface area contributed by atoms with Crippen molar-refractivity contribution in [2.45, 2.75) is 25.7 Å². The minimum atomic E-state index is 0.719. The van der Waals surface area contributed by atoms with Crippen LogP contribution in [0.4, 0.5) is 0 Å². The van der Waals surface area contributed by atoms with E-state index in [1.54, 1.807) is 0 Å². The number of aryl methyl sites for hydroxylation is 2. The molecular formula is C20H29N5. The zero-order valence-electron chi connectivity index (χ0n) is 15.4. The summed E-state index contributed by atoms with van der Waals surface area (Å²) in [5.41, 5.74) is 2.73. The van der Waals surface area contributed by atoms with E-state index in [1.165, 1.54) is 17.5 Å². The monoisotopic (exact) mass is 339 g/mol. The lowest BCUT2D eigenvalue weighted by atomic mass is 9.99. The average Bonchev–Trinajstić information content (AvgIpc) is 3.25. The zero-order chi connectivity index (χ0) is 17.5. The first-order valence-electron chi connectivity index (χ1n) is 9.21. The second-order valence-electron chi connectivity index (χ2n) is 6.89. The summed E-state index contributed by atoms with van der Waals surface area (Å²) in [5.74, 6) is 1.76. The van der Waals surface area contributed by atoms with Gasteiger partial charge in [0.1, 0.15) is 0 Å². The third kappa shape index (κ3) is 5.08. The summed E-state index contributed by atoms with van der Waals surface area (Å²) in [4.78, 5) is 6.88. The number of benzene rings is 1. The molecule has 5 heteroatoms. The summed E-state index contributed by atoms with van der Waals surface area (Å²) >= 11 is 0. The molecule has 1 N–H and O–H groups in total. The third-order valence-electron chi connectivity index (χ3n) is 4.85. The number of aromatic nitrogens is 2. The Labute approximate surface area is 150 Å². The van der Waals surface area contributed by atoms with E-state index in [1.807, 2.05) is 25.0 Å². The van der Waals surface area contributed by atoms with Crippen molar-refractivity contribution in [2.24, 2.45) is 18.0 Å². The van der Waals surface area contributed by atoms with Gasteiger partial charge in [-0.05, 0) is 42.7 Å². The molecule has 1 saturated heterocycles. The fraction of sp³-hybridized carbons (Fsp3) is 0.500. The predicted octanol–water partition coefficient (Wildman–Crippen LogP) is 2.49. The van der Waals surface area contributed by atoms with Crippen molar-refractivity contribution in [3.8, 4) is 0 Å². The fourth-order valence-corrected chi connectivity index (χ4v) is 3.57. The second kappa shape index (κ2) is 8.70.